The van der Waals surface area contributed by atoms with Gasteiger partial charge in [0.25, 0.3) is 0 Å². The van der Waals surface area contributed by atoms with Gasteiger partial charge in [-0.2, -0.15) is 0 Å². The number of allylic oxidation sites excluding steroid dienone is 1. The number of amides is 3. The molecule has 1 aliphatic heterocycles. The molecule has 1 aliphatic rings. The summed E-state index contributed by atoms with van der Waals surface area (Å²) in [5.41, 5.74) is 0.775. The summed E-state index contributed by atoms with van der Waals surface area (Å²) in [5, 5.41) is 2.55. The number of nitrogens with one attached hydrogen (secondary N) is 1. The van der Waals surface area contributed by atoms with Gasteiger partial charge in [0.05, 0.1) is 18.2 Å². The van der Waals surface area contributed by atoms with Crippen molar-refractivity contribution in [3.63, 3.8) is 0 Å². The number of rotatable bonds is 5. The van der Waals surface area contributed by atoms with Gasteiger partial charge in [0.15, 0.2) is 0 Å². The molecule has 0 bridgehead atoms. The summed E-state index contributed by atoms with van der Waals surface area (Å²) in [6, 6.07) is -1.09. The molecule has 0 aromatic rings. The van der Waals surface area contributed by atoms with Crippen LogP contribution >= 0.6 is 0 Å². The highest BCUT2D eigenvalue weighted by Gasteiger charge is 2.37. The lowest BCUT2D eigenvalue weighted by Gasteiger charge is -2.34. The van der Waals surface area contributed by atoms with E-state index in [1.54, 1.807) is 20.8 Å². The van der Waals surface area contributed by atoms with Crippen LogP contribution in [0.3, 0.4) is 0 Å². The molecule has 1 N–H and O–H groups in total. The molecule has 1 unspecified atom stereocenters. The second-order valence-corrected chi connectivity index (χ2v) is 4.73. The van der Waals surface area contributed by atoms with E-state index in [9.17, 15) is 14.4 Å². The quantitative estimate of drug-likeness (QED) is 0.782. The van der Waals surface area contributed by atoms with Crippen molar-refractivity contribution < 1.29 is 19.1 Å². The van der Waals surface area contributed by atoms with Gasteiger partial charge in [-0.3, -0.25) is 9.69 Å². The zero-order chi connectivity index (χ0) is 15.3. The van der Waals surface area contributed by atoms with Crippen LogP contribution in [0.4, 0.5) is 4.79 Å². The van der Waals surface area contributed by atoms with Gasteiger partial charge in [-0.25, -0.2) is 9.59 Å². The van der Waals surface area contributed by atoms with Gasteiger partial charge in [-0.15, -0.1) is 0 Å². The van der Waals surface area contributed by atoms with Gasteiger partial charge in [-0.1, -0.05) is 13.3 Å². The average Bonchev–Trinajstić information content (AvgIpc) is 2.35. The fourth-order valence-corrected chi connectivity index (χ4v) is 2.22. The second kappa shape index (κ2) is 7.07. The second-order valence-electron chi connectivity index (χ2n) is 4.73. The molecule has 0 spiro atoms. The lowest BCUT2D eigenvalue weighted by molar-refractivity contribution is -0.139. The Morgan fingerprint density at radius 2 is 2.00 bits per heavy atom. The van der Waals surface area contributed by atoms with E-state index in [0.29, 0.717) is 24.1 Å². The van der Waals surface area contributed by atoms with Crippen molar-refractivity contribution in [2.75, 3.05) is 6.61 Å². The van der Waals surface area contributed by atoms with Crippen molar-refractivity contribution in [1.29, 1.82) is 0 Å². The number of urea groups is 1. The lowest BCUT2D eigenvalue weighted by Crippen LogP contribution is -2.54. The summed E-state index contributed by atoms with van der Waals surface area (Å²) >= 11 is 0. The molecule has 0 saturated heterocycles. The van der Waals surface area contributed by atoms with Crippen LogP contribution in [0, 0.1) is 0 Å². The Labute approximate surface area is 119 Å². The summed E-state index contributed by atoms with van der Waals surface area (Å²) in [6.45, 7) is 7.23. The minimum Gasteiger partial charge on any atom is -0.463 e. The first-order chi connectivity index (χ1) is 9.43. The molecule has 0 radical (unpaired) electrons. The van der Waals surface area contributed by atoms with Crippen LogP contribution in [0.1, 0.15) is 47.0 Å². The van der Waals surface area contributed by atoms with Crippen LogP contribution in [-0.4, -0.2) is 35.5 Å². The summed E-state index contributed by atoms with van der Waals surface area (Å²) in [4.78, 5) is 37.1. The van der Waals surface area contributed by atoms with E-state index in [4.69, 9.17) is 4.74 Å². The highest BCUT2D eigenvalue weighted by molar-refractivity contribution is 6.01. The van der Waals surface area contributed by atoms with Gasteiger partial charge in [-0.05, 0) is 27.2 Å². The van der Waals surface area contributed by atoms with Gasteiger partial charge < -0.3 is 10.1 Å². The third-order valence-corrected chi connectivity index (χ3v) is 3.23. The molecule has 0 fully saturated rings. The van der Waals surface area contributed by atoms with Crippen molar-refractivity contribution in [2.24, 2.45) is 0 Å². The number of carbonyl (C=O) groups excluding carboxylic acids is 3. The first-order valence-electron chi connectivity index (χ1n) is 6.94. The average molecular weight is 282 g/mol. The predicted octanol–water partition coefficient (Wildman–Crippen LogP) is 1.95. The predicted molar refractivity (Wildman–Crippen MR) is 73.7 cm³/mol. The van der Waals surface area contributed by atoms with Crippen molar-refractivity contribution in [3.05, 3.63) is 11.3 Å². The molecule has 6 nitrogen and oxygen atoms in total. The van der Waals surface area contributed by atoms with Crippen molar-refractivity contribution >= 4 is 17.9 Å². The number of unbranched alkanes of at least 4 members (excludes halogenated alkanes) is 1. The van der Waals surface area contributed by atoms with Crippen LogP contribution in [0.15, 0.2) is 11.3 Å². The van der Waals surface area contributed by atoms with Crippen LogP contribution in [0.25, 0.3) is 0 Å². The standard InChI is InChI=1S/C14H22N2O4/c1-5-7-8-11(17)16-10(4)12(13(18)20-6-2)9(3)15-14(16)19/h10H,5-8H2,1-4H3,(H,15,19). The molecule has 20 heavy (non-hydrogen) atoms. The van der Waals surface area contributed by atoms with Crippen molar-refractivity contribution in [2.45, 2.75) is 53.0 Å². The topological polar surface area (TPSA) is 75.7 Å². The van der Waals surface area contributed by atoms with Crippen LogP contribution in [0.2, 0.25) is 0 Å². The largest absolute Gasteiger partial charge is 0.463 e. The zero-order valence-corrected chi connectivity index (χ0v) is 12.5. The van der Waals surface area contributed by atoms with Crippen LogP contribution < -0.4 is 5.32 Å². The van der Waals surface area contributed by atoms with E-state index in [1.807, 2.05) is 6.92 Å². The molecule has 1 atom stereocenters. The summed E-state index contributed by atoms with van der Waals surface area (Å²) < 4.78 is 4.98. The Morgan fingerprint density at radius 1 is 1.35 bits per heavy atom. The van der Waals surface area contributed by atoms with E-state index in [1.165, 1.54) is 0 Å². The fourth-order valence-electron chi connectivity index (χ4n) is 2.22. The maximum Gasteiger partial charge on any atom is 0.337 e. The van der Waals surface area contributed by atoms with Gasteiger partial charge in [0.1, 0.15) is 0 Å². The SMILES string of the molecule is CCCCC(=O)N1C(=O)NC(C)=C(C(=O)OCC)C1C. The molecule has 0 aromatic heterocycles. The van der Waals surface area contributed by atoms with Gasteiger partial charge >= 0.3 is 12.0 Å². The smallest absolute Gasteiger partial charge is 0.337 e. The maximum atomic E-state index is 12.1. The van der Waals surface area contributed by atoms with Crippen molar-refractivity contribution in [1.82, 2.24) is 10.2 Å². The highest BCUT2D eigenvalue weighted by Crippen LogP contribution is 2.22. The molecule has 0 aliphatic carbocycles. The summed E-state index contributed by atoms with van der Waals surface area (Å²) in [7, 11) is 0. The Kier molecular flexibility index (Phi) is 5.73. The van der Waals surface area contributed by atoms with Gasteiger partial charge in [0.2, 0.25) is 5.91 Å². The normalized spacial score (nSPS) is 18.9. The van der Waals surface area contributed by atoms with E-state index in [0.717, 1.165) is 11.3 Å². The van der Waals surface area contributed by atoms with E-state index < -0.39 is 18.0 Å². The molecule has 0 saturated carbocycles. The number of carbonyl (C=O) groups is 3. The van der Waals surface area contributed by atoms with Crippen LogP contribution in [0.5, 0.6) is 0 Å². The molecule has 3 amide bonds. The summed E-state index contributed by atoms with van der Waals surface area (Å²) in [6.07, 6.45) is 1.88. The number of nitrogens with zero attached hydrogens (tertiary/aromatic N) is 1. The first-order valence-corrected chi connectivity index (χ1v) is 6.94. The Balaban J connectivity index is 2.98. The minimum absolute atomic E-state index is 0.250. The van der Waals surface area contributed by atoms with Gasteiger partial charge in [0, 0.05) is 12.1 Å². The first kappa shape index (κ1) is 16.2. The molecule has 1 heterocycles. The fraction of sp³-hybridized carbons (Fsp3) is 0.643. The highest BCUT2D eigenvalue weighted by atomic mass is 16.5. The molecular weight excluding hydrogens is 260 g/mol. The van der Waals surface area contributed by atoms with E-state index >= 15 is 0 Å². The number of imide groups is 1. The number of hydrogen-bond acceptors (Lipinski definition) is 4. The van der Waals surface area contributed by atoms with E-state index in [-0.39, 0.29) is 12.5 Å². The number of esters is 1. The molecule has 112 valence electrons. The molecule has 0 aromatic carbocycles. The monoisotopic (exact) mass is 282 g/mol. The molecular formula is C14H22N2O4. The Morgan fingerprint density at radius 3 is 2.55 bits per heavy atom. The third kappa shape index (κ3) is 3.37. The zero-order valence-electron chi connectivity index (χ0n) is 12.5. The number of hydrogen-bond donors (Lipinski definition) is 1. The van der Waals surface area contributed by atoms with Crippen LogP contribution in [-0.2, 0) is 14.3 Å². The maximum absolute atomic E-state index is 12.1. The van der Waals surface area contributed by atoms with E-state index in [2.05, 4.69) is 5.32 Å². The molecule has 6 heteroatoms. The van der Waals surface area contributed by atoms with Crippen molar-refractivity contribution in [3.8, 4) is 0 Å². The minimum atomic E-state index is -0.604. The Bertz CT molecular complexity index is 442. The lowest BCUT2D eigenvalue weighted by atomic mass is 10.0. The summed E-state index contributed by atoms with van der Waals surface area (Å²) in [5.74, 6) is -0.767. The number of ether oxygens (including phenoxy) is 1. The molecule has 1 rings (SSSR count). The third-order valence-electron chi connectivity index (χ3n) is 3.23. The Hall–Kier alpha value is -1.85.